The van der Waals surface area contributed by atoms with Gasteiger partial charge < -0.3 is 11.5 Å². The van der Waals surface area contributed by atoms with Gasteiger partial charge in [-0.3, -0.25) is 9.59 Å². The van der Waals surface area contributed by atoms with Crippen LogP contribution >= 0.6 is 0 Å². The number of hydrogen-bond acceptors (Lipinski definition) is 2. The van der Waals surface area contributed by atoms with Crippen molar-refractivity contribution in [2.24, 2.45) is 17.4 Å². The van der Waals surface area contributed by atoms with Gasteiger partial charge in [-0.1, -0.05) is 6.92 Å². The van der Waals surface area contributed by atoms with E-state index in [0.29, 0.717) is 6.42 Å². The van der Waals surface area contributed by atoms with Crippen LogP contribution in [0.5, 0.6) is 0 Å². The summed E-state index contributed by atoms with van der Waals surface area (Å²) in [5, 5.41) is 0. The minimum atomic E-state index is -0.387. The molecule has 0 heterocycles. The number of hydrogen-bond donors (Lipinski definition) is 2. The highest BCUT2D eigenvalue weighted by molar-refractivity contribution is 5.77. The molecule has 0 aromatic heterocycles. The lowest BCUT2D eigenvalue weighted by atomic mass is 10.0. The highest BCUT2D eigenvalue weighted by Gasteiger charge is 2.08. The van der Waals surface area contributed by atoms with Crippen molar-refractivity contribution in [2.45, 2.75) is 19.8 Å². The van der Waals surface area contributed by atoms with Gasteiger partial charge in [0.2, 0.25) is 11.8 Å². The van der Waals surface area contributed by atoms with E-state index in [9.17, 15) is 9.59 Å². The van der Waals surface area contributed by atoms with E-state index in [2.05, 4.69) is 0 Å². The third kappa shape index (κ3) is 5.39. The molecule has 1 radical (unpaired) electrons. The number of primary amides is 2. The molecule has 63 valence electrons. The average Bonchev–Trinajstić information content (AvgIpc) is 1.86. The minimum absolute atomic E-state index is 0.206. The smallest absolute Gasteiger partial charge is 0.220 e. The summed E-state index contributed by atoms with van der Waals surface area (Å²) < 4.78 is 0. The van der Waals surface area contributed by atoms with Crippen LogP contribution in [0.2, 0.25) is 0 Å². The summed E-state index contributed by atoms with van der Waals surface area (Å²) in [6, 6.07) is 0. The molecular weight excluding hydrogens is 144 g/mol. The van der Waals surface area contributed by atoms with E-state index in [0.717, 1.165) is 0 Å². The molecule has 1 unspecified atom stereocenters. The molecule has 0 aromatic rings. The van der Waals surface area contributed by atoms with Crippen LogP contribution in [-0.4, -0.2) is 11.8 Å². The third-order valence-corrected chi connectivity index (χ3v) is 1.35. The highest BCUT2D eigenvalue weighted by atomic mass is 16.1. The molecule has 11 heavy (non-hydrogen) atoms. The number of rotatable bonds is 5. The fourth-order valence-corrected chi connectivity index (χ4v) is 0.592. The maximum absolute atomic E-state index is 10.5. The van der Waals surface area contributed by atoms with Gasteiger partial charge in [-0.2, -0.15) is 0 Å². The van der Waals surface area contributed by atoms with Crippen molar-refractivity contribution >= 4 is 11.8 Å². The molecule has 0 rings (SSSR count). The highest BCUT2D eigenvalue weighted by Crippen LogP contribution is 2.04. The molecule has 1 atom stereocenters. The third-order valence-electron chi connectivity index (χ3n) is 1.35. The first-order valence-corrected chi connectivity index (χ1v) is 3.43. The topological polar surface area (TPSA) is 86.2 Å². The molecule has 4 heteroatoms. The van der Waals surface area contributed by atoms with E-state index in [4.69, 9.17) is 11.5 Å². The van der Waals surface area contributed by atoms with E-state index in [1.54, 1.807) is 13.3 Å². The molecule has 0 aromatic carbocycles. The Labute approximate surface area is 65.9 Å². The molecule has 0 aliphatic rings. The molecule has 4 N–H and O–H groups in total. The van der Waals surface area contributed by atoms with E-state index in [1.165, 1.54) is 0 Å². The molecule has 0 bridgehead atoms. The Morgan fingerprint density at radius 1 is 1.45 bits per heavy atom. The van der Waals surface area contributed by atoms with Gasteiger partial charge in [-0.15, -0.1) is 0 Å². The molecule has 0 spiro atoms. The molecular formula is C7H13N2O2. The molecule has 4 nitrogen and oxygen atoms in total. The molecule has 0 saturated carbocycles. The number of carbonyl (C=O) groups excluding carboxylic acids is 2. The van der Waals surface area contributed by atoms with Crippen molar-refractivity contribution in [1.29, 1.82) is 0 Å². The first-order valence-electron chi connectivity index (χ1n) is 3.43. The lowest BCUT2D eigenvalue weighted by molar-refractivity contribution is -0.121. The lowest BCUT2D eigenvalue weighted by Crippen LogP contribution is -2.21. The second-order valence-electron chi connectivity index (χ2n) is 2.50. The van der Waals surface area contributed by atoms with Crippen LogP contribution in [0.25, 0.3) is 0 Å². The van der Waals surface area contributed by atoms with E-state index < -0.39 is 0 Å². The summed E-state index contributed by atoms with van der Waals surface area (Å²) in [6.07, 6.45) is 2.38. The Bertz CT molecular complexity index is 157. The van der Waals surface area contributed by atoms with Gasteiger partial charge in [0, 0.05) is 12.3 Å². The monoisotopic (exact) mass is 157 g/mol. The zero-order valence-corrected chi connectivity index (χ0v) is 6.54. The summed E-state index contributed by atoms with van der Waals surface area (Å²) >= 11 is 0. The largest absolute Gasteiger partial charge is 0.370 e. The van der Waals surface area contributed by atoms with Crippen LogP contribution in [0.15, 0.2) is 0 Å². The maximum atomic E-state index is 10.5. The SMILES string of the molecule is CC(C[CH]CC(N)=O)C(N)=O. The van der Waals surface area contributed by atoms with Gasteiger partial charge >= 0.3 is 0 Å². The summed E-state index contributed by atoms with van der Waals surface area (Å²) in [5.41, 5.74) is 9.85. The van der Waals surface area contributed by atoms with Gasteiger partial charge in [0.15, 0.2) is 0 Å². The Morgan fingerprint density at radius 3 is 2.36 bits per heavy atom. The second kappa shape index (κ2) is 4.71. The summed E-state index contributed by atoms with van der Waals surface area (Å²) in [6.45, 7) is 1.71. The Kier molecular flexibility index (Phi) is 4.26. The fourth-order valence-electron chi connectivity index (χ4n) is 0.592. The van der Waals surface area contributed by atoms with Gasteiger partial charge in [0.1, 0.15) is 0 Å². The first kappa shape index (κ1) is 9.94. The molecule has 0 aliphatic heterocycles. The van der Waals surface area contributed by atoms with Crippen molar-refractivity contribution in [1.82, 2.24) is 0 Å². The van der Waals surface area contributed by atoms with Crippen LogP contribution in [0.3, 0.4) is 0 Å². The van der Waals surface area contributed by atoms with Crippen molar-refractivity contribution in [3.63, 3.8) is 0 Å². The normalized spacial score (nSPS) is 12.5. The summed E-state index contributed by atoms with van der Waals surface area (Å²) in [4.78, 5) is 20.7. The quantitative estimate of drug-likeness (QED) is 0.567. The number of nitrogens with two attached hydrogens (primary N) is 2. The van der Waals surface area contributed by atoms with Gasteiger partial charge in [0.05, 0.1) is 0 Å². The maximum Gasteiger partial charge on any atom is 0.220 e. The predicted octanol–water partition coefficient (Wildman–Crippen LogP) is -0.422. The Hall–Kier alpha value is -1.06. The predicted molar refractivity (Wildman–Crippen MR) is 41.1 cm³/mol. The Morgan fingerprint density at radius 2 is 2.00 bits per heavy atom. The van der Waals surface area contributed by atoms with Gasteiger partial charge in [0.25, 0.3) is 0 Å². The molecule has 0 saturated heterocycles. The first-order chi connectivity index (χ1) is 5.04. The van der Waals surface area contributed by atoms with Crippen molar-refractivity contribution < 1.29 is 9.59 Å². The summed E-state index contributed by atoms with van der Waals surface area (Å²) in [5.74, 6) is -0.957. The van der Waals surface area contributed by atoms with E-state index in [1.807, 2.05) is 0 Å². The van der Waals surface area contributed by atoms with E-state index >= 15 is 0 Å². The number of carbonyl (C=O) groups is 2. The average molecular weight is 157 g/mol. The summed E-state index contributed by atoms with van der Waals surface area (Å²) in [7, 11) is 0. The zero-order valence-electron chi connectivity index (χ0n) is 6.54. The zero-order chi connectivity index (χ0) is 8.85. The van der Waals surface area contributed by atoms with Crippen LogP contribution in [-0.2, 0) is 9.59 Å². The van der Waals surface area contributed by atoms with Crippen LogP contribution < -0.4 is 11.5 Å². The number of amides is 2. The molecule has 0 aliphatic carbocycles. The van der Waals surface area contributed by atoms with Gasteiger partial charge in [-0.25, -0.2) is 0 Å². The van der Waals surface area contributed by atoms with E-state index in [-0.39, 0.29) is 24.2 Å². The van der Waals surface area contributed by atoms with Crippen LogP contribution in [0, 0.1) is 12.3 Å². The fraction of sp³-hybridized carbons (Fsp3) is 0.571. The van der Waals surface area contributed by atoms with Crippen LogP contribution in [0.4, 0.5) is 0 Å². The second-order valence-corrected chi connectivity index (χ2v) is 2.50. The van der Waals surface area contributed by atoms with Crippen LogP contribution in [0.1, 0.15) is 19.8 Å². The van der Waals surface area contributed by atoms with Crippen molar-refractivity contribution in [2.75, 3.05) is 0 Å². The Balaban J connectivity index is 3.39. The minimum Gasteiger partial charge on any atom is -0.370 e. The van der Waals surface area contributed by atoms with Crippen molar-refractivity contribution in [3.8, 4) is 0 Å². The van der Waals surface area contributed by atoms with Crippen molar-refractivity contribution in [3.05, 3.63) is 6.42 Å². The molecule has 0 fully saturated rings. The van der Waals surface area contributed by atoms with Gasteiger partial charge in [-0.05, 0) is 12.8 Å². The standard InChI is InChI=1S/C7H13N2O2/c1-5(7(9)11)3-2-4-6(8)10/h2,5H,3-4H2,1H3,(H2,8,10)(H2,9,11). The lowest BCUT2D eigenvalue weighted by Gasteiger charge is -2.03. The molecule has 2 amide bonds.